The maximum atomic E-state index is 12.1. The van der Waals surface area contributed by atoms with Crippen molar-refractivity contribution in [1.29, 1.82) is 0 Å². The number of halogens is 1. The van der Waals surface area contributed by atoms with Crippen molar-refractivity contribution in [2.24, 2.45) is 0 Å². The van der Waals surface area contributed by atoms with E-state index in [2.05, 4.69) is 46.1 Å². The molecule has 0 atom stereocenters. The third-order valence-electron chi connectivity index (χ3n) is 3.28. The molecule has 1 amide bonds. The van der Waals surface area contributed by atoms with Gasteiger partial charge in [0, 0.05) is 12.2 Å². The first-order valence-corrected chi connectivity index (χ1v) is 8.61. The summed E-state index contributed by atoms with van der Waals surface area (Å²) >= 11 is 4.81. The number of hydrogen-bond donors (Lipinski definition) is 1. The molecule has 0 unspecified atom stereocenters. The van der Waals surface area contributed by atoms with Crippen LogP contribution in [0.15, 0.2) is 40.2 Å². The molecular weight excluding hydrogens is 348 g/mol. The molecule has 0 aliphatic rings. The number of thiophene rings is 1. The van der Waals surface area contributed by atoms with Crippen LogP contribution in [-0.2, 0) is 6.54 Å². The minimum Gasteiger partial charge on any atom is -0.321 e. The van der Waals surface area contributed by atoms with Crippen LogP contribution in [0.5, 0.6) is 0 Å². The molecule has 0 aliphatic carbocycles. The maximum absolute atomic E-state index is 12.1. The van der Waals surface area contributed by atoms with Gasteiger partial charge in [0.25, 0.3) is 5.91 Å². The number of nitrogens with zero attached hydrogens (tertiary/aromatic N) is 1. The van der Waals surface area contributed by atoms with Gasteiger partial charge in [0.1, 0.15) is 0 Å². The number of anilines is 1. The lowest BCUT2D eigenvalue weighted by molar-refractivity contribution is 0.103. The molecular formula is C16H19BrN2OS. The number of hydrogen-bond acceptors (Lipinski definition) is 3. The smallest absolute Gasteiger partial charge is 0.265 e. The third kappa shape index (κ3) is 4.66. The molecule has 0 aliphatic heterocycles. The molecule has 0 radical (unpaired) electrons. The Labute approximate surface area is 138 Å². The number of amides is 1. The van der Waals surface area contributed by atoms with E-state index in [0.717, 1.165) is 29.1 Å². The Kier molecular flexibility index (Phi) is 5.96. The molecule has 0 fully saturated rings. The monoisotopic (exact) mass is 366 g/mol. The molecule has 112 valence electrons. The molecule has 0 bridgehead atoms. The molecule has 0 spiro atoms. The van der Waals surface area contributed by atoms with Crippen LogP contribution in [0.3, 0.4) is 0 Å². The van der Waals surface area contributed by atoms with Crippen molar-refractivity contribution >= 4 is 38.9 Å². The average Bonchev–Trinajstić information content (AvgIpc) is 2.92. The van der Waals surface area contributed by atoms with Crippen LogP contribution in [0.4, 0.5) is 5.69 Å². The number of benzene rings is 1. The van der Waals surface area contributed by atoms with Gasteiger partial charge in [-0.2, -0.15) is 0 Å². The Hall–Kier alpha value is -1.17. The summed E-state index contributed by atoms with van der Waals surface area (Å²) < 4.78 is 0.961. The van der Waals surface area contributed by atoms with E-state index in [1.54, 1.807) is 0 Å². The number of rotatable bonds is 6. The molecule has 5 heteroatoms. The second-order valence-electron chi connectivity index (χ2n) is 4.72. The molecule has 1 aromatic carbocycles. The number of carbonyl (C=O) groups excluding carboxylic acids is 1. The minimum absolute atomic E-state index is 0.0642. The third-order valence-corrected chi connectivity index (χ3v) is 4.90. The highest BCUT2D eigenvalue weighted by atomic mass is 79.9. The summed E-state index contributed by atoms with van der Waals surface area (Å²) in [4.78, 5) is 15.2. The predicted molar refractivity (Wildman–Crippen MR) is 93.0 cm³/mol. The summed E-state index contributed by atoms with van der Waals surface area (Å²) in [5.74, 6) is -0.0642. The van der Waals surface area contributed by atoms with Crippen molar-refractivity contribution < 1.29 is 4.79 Å². The zero-order valence-corrected chi connectivity index (χ0v) is 14.6. The number of carbonyl (C=O) groups is 1. The van der Waals surface area contributed by atoms with Gasteiger partial charge in [-0.15, -0.1) is 11.3 Å². The van der Waals surface area contributed by atoms with Crippen LogP contribution in [0.25, 0.3) is 0 Å². The normalized spacial score (nSPS) is 10.9. The van der Waals surface area contributed by atoms with Gasteiger partial charge in [-0.3, -0.25) is 9.69 Å². The largest absolute Gasteiger partial charge is 0.321 e. The fourth-order valence-electron chi connectivity index (χ4n) is 2.08. The van der Waals surface area contributed by atoms with E-state index in [0.29, 0.717) is 4.88 Å². The van der Waals surface area contributed by atoms with Gasteiger partial charge in [0.05, 0.1) is 8.66 Å². The van der Waals surface area contributed by atoms with Crippen LogP contribution in [-0.4, -0.2) is 23.9 Å². The highest BCUT2D eigenvalue weighted by molar-refractivity contribution is 9.11. The van der Waals surface area contributed by atoms with Gasteiger partial charge in [0.2, 0.25) is 0 Å². The van der Waals surface area contributed by atoms with Gasteiger partial charge in [-0.05, 0) is 58.8 Å². The SMILES string of the molecule is CCN(CC)Cc1cccc(NC(=O)c2ccc(Br)s2)c1. The summed E-state index contributed by atoms with van der Waals surface area (Å²) in [6.07, 6.45) is 0. The van der Waals surface area contributed by atoms with Gasteiger partial charge in [-0.1, -0.05) is 26.0 Å². The van der Waals surface area contributed by atoms with Gasteiger partial charge in [0.15, 0.2) is 0 Å². The first kappa shape index (κ1) is 16.2. The summed E-state index contributed by atoms with van der Waals surface area (Å²) in [6.45, 7) is 7.27. The fraction of sp³-hybridized carbons (Fsp3) is 0.312. The Balaban J connectivity index is 2.05. The molecule has 1 heterocycles. The highest BCUT2D eigenvalue weighted by Gasteiger charge is 2.09. The molecule has 2 aromatic rings. The first-order valence-electron chi connectivity index (χ1n) is 7.00. The first-order chi connectivity index (χ1) is 10.1. The van der Waals surface area contributed by atoms with Crippen LogP contribution in [0, 0.1) is 0 Å². The Morgan fingerprint density at radius 2 is 2.00 bits per heavy atom. The molecule has 1 N–H and O–H groups in total. The predicted octanol–water partition coefficient (Wildman–Crippen LogP) is 4.60. The topological polar surface area (TPSA) is 32.3 Å². The second kappa shape index (κ2) is 7.73. The molecule has 3 nitrogen and oxygen atoms in total. The summed E-state index contributed by atoms with van der Waals surface area (Å²) in [6, 6.07) is 11.7. The summed E-state index contributed by atoms with van der Waals surface area (Å²) in [7, 11) is 0. The van der Waals surface area contributed by atoms with Gasteiger partial charge in [-0.25, -0.2) is 0 Å². The lowest BCUT2D eigenvalue weighted by Gasteiger charge is -2.18. The van der Waals surface area contributed by atoms with Crippen LogP contribution in [0.1, 0.15) is 29.1 Å². The molecule has 21 heavy (non-hydrogen) atoms. The highest BCUT2D eigenvalue weighted by Crippen LogP contribution is 2.23. The Morgan fingerprint density at radius 3 is 2.62 bits per heavy atom. The fourth-order valence-corrected chi connectivity index (χ4v) is 3.36. The maximum Gasteiger partial charge on any atom is 0.265 e. The lowest BCUT2D eigenvalue weighted by atomic mass is 10.2. The van der Waals surface area contributed by atoms with Crippen molar-refractivity contribution in [2.45, 2.75) is 20.4 Å². The average molecular weight is 367 g/mol. The standard InChI is InChI=1S/C16H19BrN2OS/c1-3-19(4-2)11-12-6-5-7-13(10-12)18-16(20)14-8-9-15(17)21-14/h5-10H,3-4,11H2,1-2H3,(H,18,20). The van der Waals surface area contributed by atoms with E-state index in [-0.39, 0.29) is 5.91 Å². The Morgan fingerprint density at radius 1 is 1.24 bits per heavy atom. The van der Waals surface area contributed by atoms with Crippen molar-refractivity contribution in [3.05, 3.63) is 50.6 Å². The minimum atomic E-state index is -0.0642. The van der Waals surface area contributed by atoms with E-state index < -0.39 is 0 Å². The number of nitrogens with one attached hydrogen (secondary N) is 1. The quantitative estimate of drug-likeness (QED) is 0.809. The zero-order valence-electron chi connectivity index (χ0n) is 12.2. The molecule has 1 aromatic heterocycles. The summed E-state index contributed by atoms with van der Waals surface area (Å²) in [5, 5.41) is 2.95. The van der Waals surface area contributed by atoms with Crippen molar-refractivity contribution in [3.8, 4) is 0 Å². The van der Waals surface area contributed by atoms with Crippen molar-refractivity contribution in [1.82, 2.24) is 4.90 Å². The second-order valence-corrected chi connectivity index (χ2v) is 7.18. The molecule has 2 rings (SSSR count). The van der Waals surface area contributed by atoms with Gasteiger partial charge < -0.3 is 5.32 Å². The van der Waals surface area contributed by atoms with E-state index in [1.165, 1.54) is 16.9 Å². The van der Waals surface area contributed by atoms with E-state index in [9.17, 15) is 4.79 Å². The van der Waals surface area contributed by atoms with Crippen molar-refractivity contribution in [2.75, 3.05) is 18.4 Å². The summed E-state index contributed by atoms with van der Waals surface area (Å²) in [5.41, 5.74) is 2.05. The van der Waals surface area contributed by atoms with Crippen LogP contribution in [0.2, 0.25) is 0 Å². The van der Waals surface area contributed by atoms with E-state index in [1.807, 2.05) is 30.3 Å². The van der Waals surface area contributed by atoms with Crippen LogP contribution < -0.4 is 5.32 Å². The van der Waals surface area contributed by atoms with Crippen molar-refractivity contribution in [3.63, 3.8) is 0 Å². The van der Waals surface area contributed by atoms with Gasteiger partial charge >= 0.3 is 0 Å². The van der Waals surface area contributed by atoms with E-state index in [4.69, 9.17) is 0 Å². The zero-order chi connectivity index (χ0) is 15.2. The Bertz CT molecular complexity index is 608. The van der Waals surface area contributed by atoms with E-state index >= 15 is 0 Å². The molecule has 0 saturated carbocycles. The lowest BCUT2D eigenvalue weighted by Crippen LogP contribution is -2.22. The van der Waals surface area contributed by atoms with Crippen LogP contribution >= 0.6 is 27.3 Å². The molecule has 0 saturated heterocycles.